The molecule has 108 valence electrons. The molecular formula is C15H26N2O2. The first-order chi connectivity index (χ1) is 9.21. The molecule has 19 heavy (non-hydrogen) atoms. The Kier molecular flexibility index (Phi) is 7.48. The van der Waals surface area contributed by atoms with E-state index in [2.05, 4.69) is 24.1 Å². The molecule has 1 aromatic rings. The van der Waals surface area contributed by atoms with Crippen molar-refractivity contribution in [1.82, 2.24) is 4.90 Å². The summed E-state index contributed by atoms with van der Waals surface area (Å²) in [5.41, 5.74) is 6.86. The van der Waals surface area contributed by atoms with Crippen LogP contribution >= 0.6 is 0 Å². The topological polar surface area (TPSA) is 47.7 Å². The highest BCUT2D eigenvalue weighted by Crippen LogP contribution is 2.15. The predicted octanol–water partition coefficient (Wildman–Crippen LogP) is 1.88. The summed E-state index contributed by atoms with van der Waals surface area (Å²) in [7, 11) is 5.56. The van der Waals surface area contributed by atoms with E-state index in [0.717, 1.165) is 38.3 Å². The van der Waals surface area contributed by atoms with Gasteiger partial charge in [0, 0.05) is 19.7 Å². The minimum absolute atomic E-state index is 0.413. The fourth-order valence-corrected chi connectivity index (χ4v) is 2.12. The molecule has 1 rings (SSSR count). The lowest BCUT2D eigenvalue weighted by Gasteiger charge is -2.27. The molecule has 0 radical (unpaired) electrons. The van der Waals surface area contributed by atoms with E-state index in [0.29, 0.717) is 6.04 Å². The average molecular weight is 266 g/mol. The minimum Gasteiger partial charge on any atom is -0.497 e. The van der Waals surface area contributed by atoms with Gasteiger partial charge < -0.3 is 15.2 Å². The first kappa shape index (κ1) is 16.0. The highest BCUT2D eigenvalue weighted by atomic mass is 16.5. The molecule has 0 saturated heterocycles. The highest BCUT2D eigenvalue weighted by molar-refractivity contribution is 5.27. The molecule has 0 aliphatic rings. The van der Waals surface area contributed by atoms with Gasteiger partial charge in [0.1, 0.15) is 5.75 Å². The van der Waals surface area contributed by atoms with Crippen LogP contribution in [0.2, 0.25) is 0 Å². The van der Waals surface area contributed by atoms with E-state index < -0.39 is 0 Å². The average Bonchev–Trinajstić information content (AvgIpc) is 2.44. The molecule has 0 saturated carbocycles. The lowest BCUT2D eigenvalue weighted by Crippen LogP contribution is -2.35. The number of likely N-dealkylation sites (N-methyl/N-ethyl adjacent to an activating group) is 1. The summed E-state index contributed by atoms with van der Waals surface area (Å²) in [4.78, 5) is 2.32. The van der Waals surface area contributed by atoms with E-state index in [1.165, 1.54) is 5.56 Å². The Morgan fingerprint density at radius 2 is 1.89 bits per heavy atom. The van der Waals surface area contributed by atoms with Gasteiger partial charge in [-0.15, -0.1) is 0 Å². The zero-order chi connectivity index (χ0) is 14.1. The number of nitrogens with two attached hydrogens (primary N) is 1. The summed E-state index contributed by atoms with van der Waals surface area (Å²) in [6.45, 7) is 2.38. The van der Waals surface area contributed by atoms with Gasteiger partial charge in [-0.25, -0.2) is 0 Å². The molecule has 0 aliphatic heterocycles. The van der Waals surface area contributed by atoms with Crippen LogP contribution < -0.4 is 10.5 Å². The van der Waals surface area contributed by atoms with Crippen LogP contribution in [0.4, 0.5) is 0 Å². The van der Waals surface area contributed by atoms with Crippen LogP contribution in [0, 0.1) is 0 Å². The number of nitrogens with zero attached hydrogens (tertiary/aromatic N) is 1. The zero-order valence-corrected chi connectivity index (χ0v) is 12.3. The highest BCUT2D eigenvalue weighted by Gasteiger charge is 2.14. The van der Waals surface area contributed by atoms with Crippen LogP contribution in [0.25, 0.3) is 0 Å². The van der Waals surface area contributed by atoms with Crippen molar-refractivity contribution in [2.24, 2.45) is 5.73 Å². The van der Waals surface area contributed by atoms with Gasteiger partial charge in [0.2, 0.25) is 0 Å². The fourth-order valence-electron chi connectivity index (χ4n) is 2.12. The molecule has 0 fully saturated rings. The lowest BCUT2D eigenvalue weighted by molar-refractivity contribution is 0.0962. The maximum absolute atomic E-state index is 5.58. The van der Waals surface area contributed by atoms with Crippen molar-refractivity contribution in [1.29, 1.82) is 0 Å². The van der Waals surface area contributed by atoms with Crippen molar-refractivity contribution in [2.75, 3.05) is 34.4 Å². The number of rotatable bonds is 9. The third-order valence-corrected chi connectivity index (χ3v) is 3.31. The van der Waals surface area contributed by atoms with E-state index in [9.17, 15) is 0 Å². The van der Waals surface area contributed by atoms with Crippen LogP contribution in [0.3, 0.4) is 0 Å². The Balaban J connectivity index is 2.55. The van der Waals surface area contributed by atoms with Gasteiger partial charge in [-0.05, 0) is 44.1 Å². The van der Waals surface area contributed by atoms with Gasteiger partial charge in [0.05, 0.1) is 13.7 Å². The normalized spacial score (nSPS) is 12.7. The number of ether oxygens (including phenoxy) is 2. The molecule has 4 nitrogen and oxygen atoms in total. The first-order valence-corrected chi connectivity index (χ1v) is 6.73. The first-order valence-electron chi connectivity index (χ1n) is 6.73. The van der Waals surface area contributed by atoms with Crippen LogP contribution in [-0.2, 0) is 11.3 Å². The third kappa shape index (κ3) is 5.59. The molecular weight excluding hydrogens is 240 g/mol. The van der Waals surface area contributed by atoms with Gasteiger partial charge in [-0.1, -0.05) is 12.1 Å². The predicted molar refractivity (Wildman–Crippen MR) is 78.4 cm³/mol. The number of benzene rings is 1. The molecule has 2 N–H and O–H groups in total. The summed E-state index contributed by atoms with van der Waals surface area (Å²) >= 11 is 0. The molecule has 4 heteroatoms. The summed E-state index contributed by atoms with van der Waals surface area (Å²) in [5, 5.41) is 0. The fraction of sp³-hybridized carbons (Fsp3) is 0.600. The van der Waals surface area contributed by atoms with Crippen molar-refractivity contribution in [3.8, 4) is 5.75 Å². The second-order valence-corrected chi connectivity index (χ2v) is 4.80. The Labute approximate surface area is 116 Å². The molecule has 0 aliphatic carbocycles. The van der Waals surface area contributed by atoms with Crippen LogP contribution in [-0.4, -0.2) is 45.4 Å². The summed E-state index contributed by atoms with van der Waals surface area (Å²) < 4.78 is 10.5. The molecule has 1 unspecified atom stereocenters. The Morgan fingerprint density at radius 1 is 1.21 bits per heavy atom. The molecule has 0 aromatic heterocycles. The quantitative estimate of drug-likeness (QED) is 0.741. The summed E-state index contributed by atoms with van der Waals surface area (Å²) in [6.07, 6.45) is 2.10. The third-order valence-electron chi connectivity index (χ3n) is 3.31. The molecule has 1 atom stereocenters. The molecule has 0 bridgehead atoms. The van der Waals surface area contributed by atoms with E-state index in [-0.39, 0.29) is 0 Å². The Hall–Kier alpha value is -1.10. The maximum Gasteiger partial charge on any atom is 0.118 e. The molecule has 0 amide bonds. The van der Waals surface area contributed by atoms with E-state index in [4.69, 9.17) is 15.2 Å². The van der Waals surface area contributed by atoms with Crippen molar-refractivity contribution in [3.05, 3.63) is 29.8 Å². The smallest absolute Gasteiger partial charge is 0.118 e. The van der Waals surface area contributed by atoms with E-state index in [1.807, 2.05) is 12.1 Å². The SMILES string of the molecule is COCC(CCCN)N(C)Cc1ccc(OC)cc1. The molecule has 0 spiro atoms. The van der Waals surface area contributed by atoms with E-state index >= 15 is 0 Å². The summed E-state index contributed by atoms with van der Waals surface area (Å²) in [5.74, 6) is 0.892. The van der Waals surface area contributed by atoms with Gasteiger partial charge >= 0.3 is 0 Å². The van der Waals surface area contributed by atoms with E-state index in [1.54, 1.807) is 14.2 Å². The summed E-state index contributed by atoms with van der Waals surface area (Å²) in [6, 6.07) is 8.60. The number of hydrogen-bond acceptors (Lipinski definition) is 4. The molecule has 0 heterocycles. The second kappa shape index (κ2) is 8.91. The largest absolute Gasteiger partial charge is 0.497 e. The standard InChI is InChI=1S/C15H26N2O2/c1-17(14(12-18-2)5-4-10-16)11-13-6-8-15(19-3)9-7-13/h6-9,14H,4-5,10-12,16H2,1-3H3. The minimum atomic E-state index is 0.413. The van der Waals surface area contributed by atoms with Gasteiger partial charge in [-0.2, -0.15) is 0 Å². The van der Waals surface area contributed by atoms with Crippen molar-refractivity contribution in [2.45, 2.75) is 25.4 Å². The van der Waals surface area contributed by atoms with Crippen molar-refractivity contribution >= 4 is 0 Å². The zero-order valence-electron chi connectivity index (χ0n) is 12.3. The maximum atomic E-state index is 5.58. The van der Waals surface area contributed by atoms with Crippen LogP contribution in [0.5, 0.6) is 5.75 Å². The van der Waals surface area contributed by atoms with Crippen LogP contribution in [0.15, 0.2) is 24.3 Å². The second-order valence-electron chi connectivity index (χ2n) is 4.80. The number of hydrogen-bond donors (Lipinski definition) is 1. The Morgan fingerprint density at radius 3 is 2.42 bits per heavy atom. The van der Waals surface area contributed by atoms with Crippen molar-refractivity contribution in [3.63, 3.8) is 0 Å². The molecule has 1 aromatic carbocycles. The van der Waals surface area contributed by atoms with Gasteiger partial charge in [0.25, 0.3) is 0 Å². The van der Waals surface area contributed by atoms with Crippen LogP contribution in [0.1, 0.15) is 18.4 Å². The van der Waals surface area contributed by atoms with Gasteiger partial charge in [0.15, 0.2) is 0 Å². The number of methoxy groups -OCH3 is 2. The Bertz CT molecular complexity index is 341. The lowest BCUT2D eigenvalue weighted by atomic mass is 10.1. The van der Waals surface area contributed by atoms with Gasteiger partial charge in [-0.3, -0.25) is 4.90 Å². The monoisotopic (exact) mass is 266 g/mol. The van der Waals surface area contributed by atoms with Crippen molar-refractivity contribution < 1.29 is 9.47 Å².